The first-order chi connectivity index (χ1) is 21.0. The van der Waals surface area contributed by atoms with Crippen molar-refractivity contribution in [3.63, 3.8) is 0 Å². The molecule has 0 saturated carbocycles. The fraction of sp³-hybridized carbons (Fsp3) is 0.452. The van der Waals surface area contributed by atoms with E-state index < -0.39 is 21.7 Å². The number of benzene rings is 2. The number of amides is 1. The van der Waals surface area contributed by atoms with Crippen LogP contribution in [0.3, 0.4) is 0 Å². The number of hydrogen-bond acceptors (Lipinski definition) is 8. The second-order valence-electron chi connectivity index (χ2n) is 11.6. The molecule has 0 aliphatic carbocycles. The summed E-state index contributed by atoms with van der Waals surface area (Å²) < 4.78 is 34.5. The monoisotopic (exact) mass is 685 g/mol. The molecule has 1 N–H and O–H groups in total. The van der Waals surface area contributed by atoms with Gasteiger partial charge in [-0.05, 0) is 37.1 Å². The predicted molar refractivity (Wildman–Crippen MR) is 169 cm³/mol. The van der Waals surface area contributed by atoms with Gasteiger partial charge in [0.15, 0.2) is 15.4 Å². The number of rotatable bonds is 8. The Bertz CT molecular complexity index is 1850. The maximum absolute atomic E-state index is 12.8. The number of hydrogen-bond donors (Lipinski definition) is 1. The molecule has 1 amide bonds. The number of likely N-dealkylation sites (tertiary alicyclic amines) is 1. The van der Waals surface area contributed by atoms with E-state index in [4.69, 9.17) is 9.52 Å². The first-order valence-corrected chi connectivity index (χ1v) is 17.4. The van der Waals surface area contributed by atoms with E-state index >= 15 is 0 Å². The third-order valence-electron chi connectivity index (χ3n) is 8.80. The van der Waals surface area contributed by atoms with Crippen LogP contribution >= 0.6 is 15.9 Å². The molecule has 1 saturated heterocycles. The standard InChI is InChI=1S/C31H36BrN5O6S/c1-3-44(41,42)25-8-9-28-29(16-25)43-31(40)37(28)23-10-13-34(14-11-23)17-24(39)18-36-27-12-15-35(20(2)38)19-26(27)30(33-36)21-4-6-22(32)7-5-21/h4-9,16,23-24,39H,3,10-15,17-19H2,1-2H3. The van der Waals surface area contributed by atoms with Gasteiger partial charge in [0.2, 0.25) is 5.91 Å². The van der Waals surface area contributed by atoms with E-state index in [2.05, 4.69) is 20.8 Å². The molecule has 4 aromatic rings. The van der Waals surface area contributed by atoms with Gasteiger partial charge in [0.05, 0.1) is 34.5 Å². The van der Waals surface area contributed by atoms with Crippen LogP contribution < -0.4 is 5.76 Å². The fourth-order valence-electron chi connectivity index (χ4n) is 6.39. The van der Waals surface area contributed by atoms with Gasteiger partial charge >= 0.3 is 5.76 Å². The number of nitrogens with zero attached hydrogens (tertiary/aromatic N) is 5. The van der Waals surface area contributed by atoms with Crippen LogP contribution in [0.15, 0.2) is 61.0 Å². The summed E-state index contributed by atoms with van der Waals surface area (Å²) in [5.41, 5.74) is 4.76. The van der Waals surface area contributed by atoms with E-state index in [0.29, 0.717) is 64.0 Å². The number of β-amino-alcohol motifs (C(OH)–C–C–N with tert-alkyl or cyclic N) is 1. The van der Waals surface area contributed by atoms with Crippen LogP contribution in [0.1, 0.15) is 44.0 Å². The molecule has 0 spiro atoms. The maximum Gasteiger partial charge on any atom is 0.420 e. The van der Waals surface area contributed by atoms with Gasteiger partial charge in [0, 0.05) is 79.5 Å². The number of oxazole rings is 1. The Labute approximate surface area is 264 Å². The van der Waals surface area contributed by atoms with Gasteiger partial charge in [-0.15, -0.1) is 0 Å². The second-order valence-corrected chi connectivity index (χ2v) is 14.8. The van der Waals surface area contributed by atoms with Crippen molar-refractivity contribution >= 4 is 42.8 Å². The summed E-state index contributed by atoms with van der Waals surface area (Å²) >= 11 is 3.49. The van der Waals surface area contributed by atoms with Crippen molar-refractivity contribution < 1.29 is 22.7 Å². The average molecular weight is 687 g/mol. The Kier molecular flexibility index (Phi) is 8.57. The quantitative estimate of drug-likeness (QED) is 0.298. The Morgan fingerprint density at radius 2 is 1.84 bits per heavy atom. The molecule has 2 aliphatic rings. The Hall–Kier alpha value is -3.26. The Morgan fingerprint density at radius 3 is 2.52 bits per heavy atom. The number of piperidine rings is 1. The highest BCUT2D eigenvalue weighted by molar-refractivity contribution is 9.10. The SMILES string of the molecule is CCS(=O)(=O)c1ccc2c(c1)oc(=O)n2C1CCN(CC(O)Cn2nc(-c3ccc(Br)cc3)c3c2CCN(C(C)=O)C3)CC1. The summed E-state index contributed by atoms with van der Waals surface area (Å²) in [6.45, 7) is 6.48. The van der Waals surface area contributed by atoms with Crippen LogP contribution in [0.25, 0.3) is 22.4 Å². The van der Waals surface area contributed by atoms with E-state index in [1.807, 2.05) is 33.8 Å². The lowest BCUT2D eigenvalue weighted by atomic mass is 10.0. The minimum absolute atomic E-state index is 0.0263. The van der Waals surface area contributed by atoms with Crippen molar-refractivity contribution in [2.75, 3.05) is 31.9 Å². The summed E-state index contributed by atoms with van der Waals surface area (Å²) in [6, 6.07) is 12.5. The molecule has 13 heteroatoms. The van der Waals surface area contributed by atoms with Gasteiger partial charge in [0.25, 0.3) is 0 Å². The van der Waals surface area contributed by atoms with Crippen LogP contribution in [0.5, 0.6) is 0 Å². The average Bonchev–Trinajstić information content (AvgIpc) is 3.53. The van der Waals surface area contributed by atoms with Crippen LogP contribution in [0, 0.1) is 0 Å². The smallest absolute Gasteiger partial charge is 0.408 e. The molecule has 6 rings (SSSR count). The molecule has 0 radical (unpaired) electrons. The number of aliphatic hydroxyl groups excluding tert-OH is 1. The van der Waals surface area contributed by atoms with Crippen LogP contribution in [0.2, 0.25) is 0 Å². The van der Waals surface area contributed by atoms with Crippen molar-refractivity contribution in [1.29, 1.82) is 0 Å². The van der Waals surface area contributed by atoms with Crippen molar-refractivity contribution in [3.8, 4) is 11.3 Å². The van der Waals surface area contributed by atoms with E-state index in [0.717, 1.165) is 27.0 Å². The third kappa shape index (κ3) is 6.02. The highest BCUT2D eigenvalue weighted by Crippen LogP contribution is 2.32. The first kappa shape index (κ1) is 30.8. The lowest BCUT2D eigenvalue weighted by Gasteiger charge is -2.33. The van der Waals surface area contributed by atoms with E-state index in [1.54, 1.807) is 24.5 Å². The third-order valence-corrected chi connectivity index (χ3v) is 11.1. The summed E-state index contributed by atoms with van der Waals surface area (Å²) in [5.74, 6) is -0.479. The zero-order valence-corrected chi connectivity index (χ0v) is 27.2. The zero-order chi connectivity index (χ0) is 31.2. The molecule has 1 unspecified atom stereocenters. The van der Waals surface area contributed by atoms with E-state index in [1.165, 1.54) is 12.1 Å². The number of aliphatic hydroxyl groups is 1. The summed E-state index contributed by atoms with van der Waals surface area (Å²) in [5, 5.41) is 16.1. The molecule has 0 bridgehead atoms. The van der Waals surface area contributed by atoms with Gasteiger partial charge in [-0.25, -0.2) is 13.2 Å². The molecule has 4 heterocycles. The molecular weight excluding hydrogens is 650 g/mol. The summed E-state index contributed by atoms with van der Waals surface area (Å²) in [6.07, 6.45) is 1.41. The van der Waals surface area contributed by atoms with Crippen molar-refractivity contribution in [2.45, 2.75) is 63.2 Å². The minimum Gasteiger partial charge on any atom is -0.408 e. The van der Waals surface area contributed by atoms with Crippen molar-refractivity contribution in [2.24, 2.45) is 0 Å². The van der Waals surface area contributed by atoms with Crippen molar-refractivity contribution in [1.82, 2.24) is 24.1 Å². The fourth-order valence-corrected chi connectivity index (χ4v) is 7.55. The molecule has 2 aromatic carbocycles. The largest absolute Gasteiger partial charge is 0.420 e. The molecular formula is C31H36BrN5O6S. The van der Waals surface area contributed by atoms with Gasteiger partial charge in [0.1, 0.15) is 0 Å². The summed E-state index contributed by atoms with van der Waals surface area (Å²) in [7, 11) is -3.41. The topological polar surface area (TPSA) is 131 Å². The molecule has 1 fully saturated rings. The molecule has 1 atom stereocenters. The molecule has 2 aromatic heterocycles. The lowest BCUT2D eigenvalue weighted by Crippen LogP contribution is -2.42. The Morgan fingerprint density at radius 1 is 1.11 bits per heavy atom. The van der Waals surface area contributed by atoms with Gasteiger partial charge < -0.3 is 19.3 Å². The van der Waals surface area contributed by atoms with E-state index in [9.17, 15) is 23.1 Å². The van der Waals surface area contributed by atoms with Crippen LogP contribution in [0.4, 0.5) is 0 Å². The number of carbonyl (C=O) groups is 1. The number of aromatic nitrogens is 3. The lowest BCUT2D eigenvalue weighted by molar-refractivity contribution is -0.129. The zero-order valence-electron chi connectivity index (χ0n) is 24.8. The maximum atomic E-state index is 12.8. The van der Waals surface area contributed by atoms with Crippen LogP contribution in [-0.2, 0) is 34.1 Å². The molecule has 2 aliphatic heterocycles. The first-order valence-electron chi connectivity index (χ1n) is 14.9. The normalized spacial score (nSPS) is 17.2. The van der Waals surface area contributed by atoms with E-state index in [-0.39, 0.29) is 28.2 Å². The minimum atomic E-state index is -3.41. The van der Waals surface area contributed by atoms with Crippen LogP contribution in [-0.4, -0.2) is 81.6 Å². The number of fused-ring (bicyclic) bond motifs is 2. The van der Waals surface area contributed by atoms with Crippen molar-refractivity contribution in [3.05, 3.63) is 68.7 Å². The Balaban J connectivity index is 1.13. The predicted octanol–water partition coefficient (Wildman–Crippen LogP) is 3.62. The van der Waals surface area contributed by atoms with Gasteiger partial charge in [-0.3, -0.25) is 14.0 Å². The molecule has 11 nitrogen and oxygen atoms in total. The highest BCUT2D eigenvalue weighted by Gasteiger charge is 2.29. The van der Waals surface area contributed by atoms with Gasteiger partial charge in [-0.2, -0.15) is 5.10 Å². The number of carbonyl (C=O) groups excluding carboxylic acids is 1. The summed E-state index contributed by atoms with van der Waals surface area (Å²) in [4.78, 5) is 29.1. The number of halogens is 1. The highest BCUT2D eigenvalue weighted by atomic mass is 79.9. The second kappa shape index (κ2) is 12.3. The van der Waals surface area contributed by atoms with Gasteiger partial charge in [-0.1, -0.05) is 35.0 Å². The number of sulfone groups is 1. The molecule has 44 heavy (non-hydrogen) atoms. The molecule has 234 valence electrons.